The molecular weight excluding hydrogens is 348 g/mol. The summed E-state index contributed by atoms with van der Waals surface area (Å²) in [6, 6.07) is 0. The highest BCUT2D eigenvalue weighted by Crippen LogP contribution is 2.30. The molecule has 0 amide bonds. The second-order valence-corrected chi connectivity index (χ2v) is 8.75. The molecule has 0 bridgehead atoms. The molecule has 0 spiro atoms. The minimum absolute atomic E-state index is 0.0847. The first-order chi connectivity index (χ1) is 12.6. The maximum atomic E-state index is 12.2. The summed E-state index contributed by atoms with van der Waals surface area (Å²) in [5.41, 5.74) is 0. The van der Waals surface area contributed by atoms with Crippen LogP contribution in [-0.4, -0.2) is 36.0 Å². The molecule has 1 rings (SSSR count). The zero-order valence-corrected chi connectivity index (χ0v) is 17.6. The van der Waals surface area contributed by atoms with Crippen molar-refractivity contribution in [3.05, 3.63) is 11.8 Å². The lowest BCUT2D eigenvalue weighted by atomic mass is 9.87. The number of allylic oxidation sites excluding steroid dienone is 1. The van der Waals surface area contributed by atoms with Gasteiger partial charge in [0.1, 0.15) is 6.61 Å². The maximum absolute atomic E-state index is 12.2. The van der Waals surface area contributed by atoms with E-state index < -0.39 is 24.3 Å². The van der Waals surface area contributed by atoms with Crippen molar-refractivity contribution in [2.75, 3.05) is 13.2 Å². The van der Waals surface area contributed by atoms with Gasteiger partial charge in [-0.3, -0.25) is 4.79 Å². The molecular formula is C21H36O6. The zero-order chi connectivity index (χ0) is 20.6. The van der Waals surface area contributed by atoms with E-state index in [2.05, 4.69) is 27.7 Å². The smallest absolute Gasteiger partial charge is 0.376 e. The Kier molecular flexibility index (Phi) is 9.30. The number of cyclic esters (lactones) is 1. The van der Waals surface area contributed by atoms with E-state index in [1.165, 1.54) is 0 Å². The molecule has 27 heavy (non-hydrogen) atoms. The number of hydrogen-bond acceptors (Lipinski definition) is 6. The highest BCUT2D eigenvalue weighted by atomic mass is 16.8. The van der Waals surface area contributed by atoms with Crippen molar-refractivity contribution < 1.29 is 28.9 Å². The van der Waals surface area contributed by atoms with Crippen LogP contribution in [0.3, 0.4) is 0 Å². The van der Waals surface area contributed by atoms with Gasteiger partial charge in [-0.1, -0.05) is 41.5 Å². The Morgan fingerprint density at radius 2 is 1.67 bits per heavy atom. The van der Waals surface area contributed by atoms with Crippen molar-refractivity contribution in [1.82, 2.24) is 0 Å². The number of esters is 2. The molecule has 0 aromatic carbocycles. The zero-order valence-electron chi connectivity index (χ0n) is 17.6. The van der Waals surface area contributed by atoms with Gasteiger partial charge in [-0.15, -0.1) is 0 Å². The molecule has 156 valence electrons. The maximum Gasteiger partial charge on any atom is 0.376 e. The minimum atomic E-state index is -1.64. The molecule has 6 heteroatoms. The van der Waals surface area contributed by atoms with Crippen molar-refractivity contribution in [3.63, 3.8) is 0 Å². The minimum Gasteiger partial charge on any atom is -0.457 e. The SMILES string of the molecule is CC(C)CC(=O)OCC1(CO)OC(=O)/C(=C/CC(CC(C)C)CC(C)C)O1. The van der Waals surface area contributed by atoms with Crippen LogP contribution >= 0.6 is 0 Å². The van der Waals surface area contributed by atoms with E-state index >= 15 is 0 Å². The molecule has 1 atom stereocenters. The van der Waals surface area contributed by atoms with Gasteiger partial charge in [0.2, 0.25) is 5.76 Å². The van der Waals surface area contributed by atoms with Gasteiger partial charge in [-0.2, -0.15) is 0 Å². The van der Waals surface area contributed by atoms with Crippen LogP contribution in [0, 0.1) is 23.7 Å². The highest BCUT2D eigenvalue weighted by molar-refractivity contribution is 5.88. The standard InChI is InChI=1S/C21H36O6/c1-14(2)9-17(10-15(3)4)7-8-18-20(24)27-21(12-22,26-18)13-25-19(23)11-16(5)6/h8,14-17,22H,7,9-13H2,1-6H3/b18-8-. The molecule has 1 N–H and O–H groups in total. The largest absolute Gasteiger partial charge is 0.457 e. The summed E-state index contributed by atoms with van der Waals surface area (Å²) >= 11 is 0. The van der Waals surface area contributed by atoms with Crippen LogP contribution in [-0.2, 0) is 23.8 Å². The molecule has 0 saturated carbocycles. The summed E-state index contributed by atoms with van der Waals surface area (Å²) in [5, 5.41) is 9.64. The Morgan fingerprint density at radius 1 is 1.07 bits per heavy atom. The lowest BCUT2D eigenvalue weighted by Gasteiger charge is -2.23. The third-order valence-corrected chi connectivity index (χ3v) is 4.29. The summed E-state index contributed by atoms with van der Waals surface area (Å²) < 4.78 is 15.9. The number of hydrogen-bond donors (Lipinski definition) is 1. The van der Waals surface area contributed by atoms with Crippen molar-refractivity contribution in [1.29, 1.82) is 0 Å². The number of carbonyl (C=O) groups excluding carboxylic acids is 2. The molecule has 1 heterocycles. The van der Waals surface area contributed by atoms with E-state index in [0.29, 0.717) is 24.2 Å². The van der Waals surface area contributed by atoms with E-state index in [1.807, 2.05) is 13.8 Å². The second-order valence-electron chi connectivity index (χ2n) is 8.75. The Bertz CT molecular complexity index is 513. The molecule has 1 fully saturated rings. The normalized spacial score (nSPS) is 21.4. The van der Waals surface area contributed by atoms with Crippen LogP contribution in [0.15, 0.2) is 11.8 Å². The van der Waals surface area contributed by atoms with Gasteiger partial charge < -0.3 is 19.3 Å². The van der Waals surface area contributed by atoms with E-state index in [9.17, 15) is 14.7 Å². The molecule has 0 aromatic rings. The van der Waals surface area contributed by atoms with Crippen LogP contribution < -0.4 is 0 Å². The van der Waals surface area contributed by atoms with E-state index in [4.69, 9.17) is 14.2 Å². The fourth-order valence-electron chi connectivity index (χ4n) is 3.25. The first-order valence-corrected chi connectivity index (χ1v) is 9.95. The highest BCUT2D eigenvalue weighted by Gasteiger charge is 2.47. The molecule has 1 aliphatic rings. The van der Waals surface area contributed by atoms with Crippen LogP contribution in [0.1, 0.15) is 67.2 Å². The predicted octanol–water partition coefficient (Wildman–Crippen LogP) is 3.82. The van der Waals surface area contributed by atoms with Gasteiger partial charge >= 0.3 is 17.7 Å². The van der Waals surface area contributed by atoms with Crippen molar-refractivity contribution >= 4 is 11.9 Å². The summed E-state index contributed by atoms with van der Waals surface area (Å²) in [7, 11) is 0. The summed E-state index contributed by atoms with van der Waals surface area (Å²) in [6.07, 6.45) is 4.83. The molecule has 0 aliphatic carbocycles. The fourth-order valence-corrected chi connectivity index (χ4v) is 3.25. The number of carbonyl (C=O) groups is 2. The lowest BCUT2D eigenvalue weighted by molar-refractivity contribution is -0.211. The average molecular weight is 385 g/mol. The third kappa shape index (κ3) is 8.33. The molecule has 1 unspecified atom stereocenters. The molecule has 0 radical (unpaired) electrons. The van der Waals surface area contributed by atoms with Crippen LogP contribution in [0.2, 0.25) is 0 Å². The van der Waals surface area contributed by atoms with Crippen LogP contribution in [0.5, 0.6) is 0 Å². The Labute approximate surface area is 163 Å². The Morgan fingerprint density at radius 3 is 2.15 bits per heavy atom. The average Bonchev–Trinajstić information content (AvgIpc) is 2.86. The van der Waals surface area contributed by atoms with Crippen molar-refractivity contribution in [3.8, 4) is 0 Å². The first-order valence-electron chi connectivity index (χ1n) is 9.95. The monoisotopic (exact) mass is 384 g/mol. The number of aliphatic hydroxyl groups excluding tert-OH is 1. The van der Waals surface area contributed by atoms with E-state index in [1.54, 1.807) is 6.08 Å². The predicted molar refractivity (Wildman–Crippen MR) is 103 cm³/mol. The third-order valence-electron chi connectivity index (χ3n) is 4.29. The number of ether oxygens (including phenoxy) is 3. The van der Waals surface area contributed by atoms with Gasteiger partial charge in [-0.05, 0) is 49.0 Å². The van der Waals surface area contributed by atoms with Crippen LogP contribution in [0.4, 0.5) is 0 Å². The fraction of sp³-hybridized carbons (Fsp3) is 0.810. The molecule has 6 nitrogen and oxygen atoms in total. The lowest BCUT2D eigenvalue weighted by Crippen LogP contribution is -2.41. The van der Waals surface area contributed by atoms with E-state index in [0.717, 1.165) is 12.8 Å². The van der Waals surface area contributed by atoms with Crippen molar-refractivity contribution in [2.24, 2.45) is 23.7 Å². The second kappa shape index (κ2) is 10.7. The summed E-state index contributed by atoms with van der Waals surface area (Å²) in [5.74, 6) is -0.852. The molecule has 1 saturated heterocycles. The van der Waals surface area contributed by atoms with Gasteiger partial charge in [-0.25, -0.2) is 4.79 Å². The van der Waals surface area contributed by atoms with E-state index in [-0.39, 0.29) is 24.7 Å². The topological polar surface area (TPSA) is 82.1 Å². The number of rotatable bonds is 11. The van der Waals surface area contributed by atoms with Gasteiger partial charge in [0, 0.05) is 6.42 Å². The quantitative estimate of drug-likeness (QED) is 0.431. The summed E-state index contributed by atoms with van der Waals surface area (Å²) in [6.45, 7) is 11.6. The number of aliphatic hydroxyl groups is 1. The Balaban J connectivity index is 2.72. The van der Waals surface area contributed by atoms with Gasteiger partial charge in [0.05, 0.1) is 0 Å². The van der Waals surface area contributed by atoms with Gasteiger partial charge in [0.25, 0.3) is 0 Å². The molecule has 0 aromatic heterocycles. The van der Waals surface area contributed by atoms with Crippen LogP contribution in [0.25, 0.3) is 0 Å². The Hall–Kier alpha value is -1.56. The van der Waals surface area contributed by atoms with Crippen molar-refractivity contribution in [2.45, 2.75) is 73.0 Å². The first kappa shape index (κ1) is 23.5. The van der Waals surface area contributed by atoms with Gasteiger partial charge in [0.15, 0.2) is 6.61 Å². The summed E-state index contributed by atoms with van der Waals surface area (Å²) in [4.78, 5) is 23.9. The molecule has 1 aliphatic heterocycles.